The highest BCUT2D eigenvalue weighted by atomic mass is 16.5. The topological polar surface area (TPSA) is 70.0 Å². The molecule has 1 saturated heterocycles. The van der Waals surface area contributed by atoms with E-state index in [1.54, 1.807) is 7.11 Å². The summed E-state index contributed by atoms with van der Waals surface area (Å²) in [5.74, 6) is 1.45. The molecule has 4 aliphatic rings. The van der Waals surface area contributed by atoms with Gasteiger partial charge in [-0.05, 0) is 62.6 Å². The molecular formula is C23H31NO4. The molecule has 28 heavy (non-hydrogen) atoms. The maximum atomic E-state index is 13.0. The van der Waals surface area contributed by atoms with Gasteiger partial charge in [-0.25, -0.2) is 0 Å². The number of piperidine rings is 1. The molecule has 0 amide bonds. The minimum absolute atomic E-state index is 0.0179. The van der Waals surface area contributed by atoms with E-state index in [0.717, 1.165) is 43.0 Å². The number of carbonyl (C=O) groups excluding carboxylic acids is 1. The summed E-state index contributed by atoms with van der Waals surface area (Å²) in [5.41, 5.74) is 0.161. The predicted molar refractivity (Wildman–Crippen MR) is 106 cm³/mol. The Kier molecular flexibility index (Phi) is 4.08. The van der Waals surface area contributed by atoms with Crippen LogP contribution in [0.25, 0.3) is 0 Å². The van der Waals surface area contributed by atoms with Gasteiger partial charge < -0.3 is 14.9 Å². The number of ether oxygens (including phenoxy) is 1. The fourth-order valence-corrected chi connectivity index (χ4v) is 6.47. The number of benzene rings is 1. The first-order valence-electron chi connectivity index (χ1n) is 10.8. The van der Waals surface area contributed by atoms with Crippen LogP contribution < -0.4 is 4.74 Å². The van der Waals surface area contributed by atoms with Crippen molar-refractivity contribution < 1.29 is 19.7 Å². The normalized spacial score (nSPS) is 37.3. The Balaban J connectivity index is 1.68. The molecule has 0 spiro atoms. The molecule has 5 nitrogen and oxygen atoms in total. The number of methoxy groups -OCH3 is 1. The molecule has 2 N–H and O–H groups in total. The number of Topliss-reactive ketones (excluding diaryl/α,β-unsaturated/α-hetero) is 1. The Morgan fingerprint density at radius 1 is 1.32 bits per heavy atom. The Morgan fingerprint density at radius 2 is 2.11 bits per heavy atom. The molecule has 1 aromatic rings. The standard InChI is InChI=1S/C23H31NO4/c1-3-15-11-23(27)19-10-16-6-7-18(28-2)21(26)20(16)22(23,12-17(15)25)8-9-24(19)13-14-4-5-14/h6-7,14-15,19,26-27H,3-5,8-13H2,1-2H3/t15?,19-,22-,23-/m1/s1. The molecule has 3 aliphatic carbocycles. The monoisotopic (exact) mass is 385 g/mol. The minimum Gasteiger partial charge on any atom is -0.504 e. The molecule has 1 aromatic carbocycles. The number of aliphatic hydroxyl groups is 1. The maximum absolute atomic E-state index is 13.0. The maximum Gasteiger partial charge on any atom is 0.161 e. The zero-order valence-electron chi connectivity index (χ0n) is 16.9. The lowest BCUT2D eigenvalue weighted by atomic mass is 9.47. The van der Waals surface area contributed by atoms with Gasteiger partial charge in [-0.1, -0.05) is 13.0 Å². The summed E-state index contributed by atoms with van der Waals surface area (Å²) < 4.78 is 5.38. The number of hydrogen-bond donors (Lipinski definition) is 2. The van der Waals surface area contributed by atoms with Crippen LogP contribution >= 0.6 is 0 Å². The molecule has 1 heterocycles. The van der Waals surface area contributed by atoms with Crippen molar-refractivity contribution in [3.63, 3.8) is 0 Å². The number of phenolic OH excluding ortho intramolecular Hbond substituents is 1. The van der Waals surface area contributed by atoms with Crippen molar-refractivity contribution in [2.24, 2.45) is 11.8 Å². The zero-order chi connectivity index (χ0) is 19.7. The quantitative estimate of drug-likeness (QED) is 0.834. The first-order chi connectivity index (χ1) is 13.4. The van der Waals surface area contributed by atoms with Crippen molar-refractivity contribution in [3.05, 3.63) is 23.3 Å². The second kappa shape index (κ2) is 6.20. The van der Waals surface area contributed by atoms with Gasteiger partial charge in [-0.3, -0.25) is 9.69 Å². The summed E-state index contributed by atoms with van der Waals surface area (Å²) in [4.78, 5) is 15.5. The van der Waals surface area contributed by atoms with Crippen LogP contribution in [0.4, 0.5) is 0 Å². The third-order valence-corrected chi connectivity index (χ3v) is 8.16. The Hall–Kier alpha value is -1.59. The molecule has 4 atom stereocenters. The smallest absolute Gasteiger partial charge is 0.161 e. The minimum atomic E-state index is -0.981. The van der Waals surface area contributed by atoms with Crippen LogP contribution in [0.2, 0.25) is 0 Å². The van der Waals surface area contributed by atoms with Gasteiger partial charge in [-0.15, -0.1) is 0 Å². The highest BCUT2D eigenvalue weighted by molar-refractivity contribution is 5.85. The summed E-state index contributed by atoms with van der Waals surface area (Å²) in [6, 6.07) is 3.86. The van der Waals surface area contributed by atoms with Gasteiger partial charge >= 0.3 is 0 Å². The summed E-state index contributed by atoms with van der Waals surface area (Å²) in [6.07, 6.45) is 5.61. The van der Waals surface area contributed by atoms with Gasteiger partial charge in [0.05, 0.1) is 12.7 Å². The van der Waals surface area contributed by atoms with Crippen LogP contribution in [-0.2, 0) is 16.6 Å². The third kappa shape index (κ3) is 2.35. The lowest BCUT2D eigenvalue weighted by Gasteiger charge is -2.64. The van der Waals surface area contributed by atoms with Crippen LogP contribution in [0.15, 0.2) is 12.1 Å². The molecule has 0 aromatic heterocycles. The van der Waals surface area contributed by atoms with Gasteiger partial charge in [0.15, 0.2) is 11.5 Å². The number of hydrogen-bond acceptors (Lipinski definition) is 5. The SMILES string of the molecule is CCC1C[C@@]2(O)[C@H]3Cc4ccc(OC)c(O)c4[C@@]2(CCN3CC2CC2)CC1=O. The fourth-order valence-electron chi connectivity index (χ4n) is 6.47. The second-order valence-corrected chi connectivity index (χ2v) is 9.52. The zero-order valence-corrected chi connectivity index (χ0v) is 16.9. The van der Waals surface area contributed by atoms with Gasteiger partial charge in [0.2, 0.25) is 0 Å². The van der Waals surface area contributed by atoms with E-state index in [4.69, 9.17) is 4.74 Å². The molecule has 2 saturated carbocycles. The van der Waals surface area contributed by atoms with Gasteiger partial charge in [0.25, 0.3) is 0 Å². The molecule has 1 aliphatic heterocycles. The Morgan fingerprint density at radius 3 is 2.79 bits per heavy atom. The molecule has 2 bridgehead atoms. The van der Waals surface area contributed by atoms with E-state index in [1.165, 1.54) is 12.8 Å². The first kappa shape index (κ1) is 18.4. The van der Waals surface area contributed by atoms with E-state index >= 15 is 0 Å². The van der Waals surface area contributed by atoms with Crippen LogP contribution in [0.5, 0.6) is 11.5 Å². The Labute approximate surface area is 166 Å². The van der Waals surface area contributed by atoms with E-state index in [9.17, 15) is 15.0 Å². The number of carbonyl (C=O) groups is 1. The summed E-state index contributed by atoms with van der Waals surface area (Å²) in [6.45, 7) is 3.97. The summed E-state index contributed by atoms with van der Waals surface area (Å²) in [7, 11) is 1.55. The average Bonchev–Trinajstić information content (AvgIpc) is 3.48. The van der Waals surface area contributed by atoms with Gasteiger partial charge in [-0.2, -0.15) is 0 Å². The van der Waals surface area contributed by atoms with E-state index in [-0.39, 0.29) is 23.5 Å². The number of aromatic hydroxyl groups is 1. The third-order valence-electron chi connectivity index (χ3n) is 8.16. The number of nitrogens with zero attached hydrogens (tertiary/aromatic N) is 1. The first-order valence-corrected chi connectivity index (χ1v) is 10.8. The van der Waals surface area contributed by atoms with Crippen molar-refractivity contribution in [1.29, 1.82) is 0 Å². The lowest BCUT2D eigenvalue weighted by molar-refractivity contribution is -0.182. The van der Waals surface area contributed by atoms with Crippen LogP contribution in [-0.4, -0.2) is 52.7 Å². The van der Waals surface area contributed by atoms with Gasteiger partial charge in [0, 0.05) is 35.9 Å². The molecule has 0 radical (unpaired) electrons. The largest absolute Gasteiger partial charge is 0.504 e. The predicted octanol–water partition coefficient (Wildman–Crippen LogP) is 2.80. The van der Waals surface area contributed by atoms with Crippen LogP contribution in [0.3, 0.4) is 0 Å². The lowest BCUT2D eigenvalue weighted by Crippen LogP contribution is -2.74. The molecule has 1 unspecified atom stereocenters. The number of fused-ring (bicyclic) bond motifs is 1. The van der Waals surface area contributed by atoms with Crippen molar-refractivity contribution in [2.75, 3.05) is 20.2 Å². The fraction of sp³-hybridized carbons (Fsp3) is 0.696. The second-order valence-electron chi connectivity index (χ2n) is 9.52. The Bertz CT molecular complexity index is 819. The van der Waals surface area contributed by atoms with Crippen molar-refractivity contribution in [1.82, 2.24) is 4.90 Å². The van der Waals surface area contributed by atoms with Crippen molar-refractivity contribution >= 4 is 5.78 Å². The van der Waals surface area contributed by atoms with E-state index in [2.05, 4.69) is 4.90 Å². The number of rotatable bonds is 4. The molecule has 5 heteroatoms. The van der Waals surface area contributed by atoms with E-state index < -0.39 is 11.0 Å². The van der Waals surface area contributed by atoms with Crippen molar-refractivity contribution in [2.45, 2.75) is 68.9 Å². The summed E-state index contributed by atoms with van der Waals surface area (Å²) in [5, 5.41) is 23.3. The van der Waals surface area contributed by atoms with Crippen molar-refractivity contribution in [3.8, 4) is 11.5 Å². The highest BCUT2D eigenvalue weighted by Gasteiger charge is 2.67. The van der Waals surface area contributed by atoms with Crippen LogP contribution in [0, 0.1) is 11.8 Å². The van der Waals surface area contributed by atoms with Gasteiger partial charge in [0.1, 0.15) is 5.78 Å². The number of likely N-dealkylation sites (tertiary alicyclic amines) is 1. The molecule has 5 rings (SSSR count). The molecule has 152 valence electrons. The summed E-state index contributed by atoms with van der Waals surface area (Å²) >= 11 is 0. The average molecular weight is 386 g/mol. The van der Waals surface area contributed by atoms with Crippen LogP contribution in [0.1, 0.15) is 56.6 Å². The molecular weight excluding hydrogens is 354 g/mol. The number of ketones is 1. The highest BCUT2D eigenvalue weighted by Crippen LogP contribution is 2.61. The van der Waals surface area contributed by atoms with E-state index in [1.807, 2.05) is 19.1 Å². The number of phenols is 1. The van der Waals surface area contributed by atoms with E-state index in [0.29, 0.717) is 25.0 Å². The molecule has 3 fully saturated rings.